The number of anilines is 2. The second-order valence-corrected chi connectivity index (χ2v) is 4.05. The Kier molecular flexibility index (Phi) is 3.23. The standard InChI is InChI=1S/C13H16N4/c1-9-4-3-5-15-12(9)8-17-13-10(2)6-11(14)7-16-13/h3-7H,8,14H2,1-2H3,(H,16,17). The van der Waals surface area contributed by atoms with Crippen LogP contribution in [0.3, 0.4) is 0 Å². The lowest BCUT2D eigenvalue weighted by molar-refractivity contribution is 1.00. The molecule has 4 heteroatoms. The molecule has 0 spiro atoms. The monoisotopic (exact) mass is 228 g/mol. The van der Waals surface area contributed by atoms with Crippen molar-refractivity contribution in [1.82, 2.24) is 9.97 Å². The molecule has 0 unspecified atom stereocenters. The third kappa shape index (κ3) is 2.72. The summed E-state index contributed by atoms with van der Waals surface area (Å²) in [7, 11) is 0. The van der Waals surface area contributed by atoms with Gasteiger partial charge in [0.25, 0.3) is 0 Å². The molecule has 3 N–H and O–H groups in total. The lowest BCUT2D eigenvalue weighted by Gasteiger charge is -2.09. The van der Waals surface area contributed by atoms with Gasteiger partial charge in [-0.1, -0.05) is 6.07 Å². The molecule has 0 aliphatic carbocycles. The Morgan fingerprint density at radius 3 is 2.76 bits per heavy atom. The van der Waals surface area contributed by atoms with Crippen LogP contribution in [0.4, 0.5) is 11.5 Å². The molecule has 88 valence electrons. The summed E-state index contributed by atoms with van der Waals surface area (Å²) < 4.78 is 0. The fourth-order valence-electron chi connectivity index (χ4n) is 1.65. The van der Waals surface area contributed by atoms with Gasteiger partial charge in [0.05, 0.1) is 24.1 Å². The van der Waals surface area contributed by atoms with Crippen LogP contribution in [0.2, 0.25) is 0 Å². The van der Waals surface area contributed by atoms with Crippen molar-refractivity contribution in [3.63, 3.8) is 0 Å². The number of aromatic nitrogens is 2. The fraction of sp³-hybridized carbons (Fsp3) is 0.231. The lowest BCUT2D eigenvalue weighted by Crippen LogP contribution is -2.06. The highest BCUT2D eigenvalue weighted by molar-refractivity contribution is 5.50. The minimum atomic E-state index is 0.671. The summed E-state index contributed by atoms with van der Waals surface area (Å²) in [5.41, 5.74) is 9.59. The quantitative estimate of drug-likeness (QED) is 0.846. The summed E-state index contributed by atoms with van der Waals surface area (Å²) in [6, 6.07) is 5.89. The van der Waals surface area contributed by atoms with Gasteiger partial charge in [-0.2, -0.15) is 0 Å². The molecule has 17 heavy (non-hydrogen) atoms. The van der Waals surface area contributed by atoms with Gasteiger partial charge in [-0.15, -0.1) is 0 Å². The zero-order valence-corrected chi connectivity index (χ0v) is 10.1. The highest BCUT2D eigenvalue weighted by Crippen LogP contribution is 2.15. The van der Waals surface area contributed by atoms with Gasteiger partial charge in [0, 0.05) is 6.20 Å². The maximum Gasteiger partial charge on any atom is 0.129 e. The Morgan fingerprint density at radius 1 is 1.24 bits per heavy atom. The Hall–Kier alpha value is -2.10. The first-order valence-electron chi connectivity index (χ1n) is 5.53. The summed E-state index contributed by atoms with van der Waals surface area (Å²) in [6.45, 7) is 4.70. The topological polar surface area (TPSA) is 63.8 Å². The van der Waals surface area contributed by atoms with Crippen molar-refractivity contribution in [2.75, 3.05) is 11.1 Å². The van der Waals surface area contributed by atoms with E-state index in [1.807, 2.05) is 32.0 Å². The van der Waals surface area contributed by atoms with E-state index in [0.717, 1.165) is 17.1 Å². The van der Waals surface area contributed by atoms with Crippen LogP contribution < -0.4 is 11.1 Å². The maximum absolute atomic E-state index is 5.66. The van der Waals surface area contributed by atoms with Gasteiger partial charge in [0.1, 0.15) is 5.82 Å². The number of nitrogens with two attached hydrogens (primary N) is 1. The molecule has 2 aromatic heterocycles. The van der Waals surface area contributed by atoms with Gasteiger partial charge in [-0.25, -0.2) is 4.98 Å². The molecule has 2 heterocycles. The second kappa shape index (κ2) is 4.82. The average molecular weight is 228 g/mol. The number of hydrogen-bond acceptors (Lipinski definition) is 4. The minimum absolute atomic E-state index is 0.671. The van der Waals surface area contributed by atoms with Crippen molar-refractivity contribution in [2.45, 2.75) is 20.4 Å². The molecular weight excluding hydrogens is 212 g/mol. The van der Waals surface area contributed by atoms with Gasteiger partial charge >= 0.3 is 0 Å². The Balaban J connectivity index is 2.10. The summed E-state index contributed by atoms with van der Waals surface area (Å²) >= 11 is 0. The third-order valence-corrected chi connectivity index (χ3v) is 2.64. The van der Waals surface area contributed by atoms with Gasteiger partial charge in [-0.3, -0.25) is 4.98 Å². The van der Waals surface area contributed by atoms with E-state index in [1.54, 1.807) is 12.4 Å². The second-order valence-electron chi connectivity index (χ2n) is 4.05. The summed E-state index contributed by atoms with van der Waals surface area (Å²) in [4.78, 5) is 8.58. The molecule has 2 aromatic rings. The van der Waals surface area contributed by atoms with Gasteiger partial charge in [-0.05, 0) is 37.1 Å². The van der Waals surface area contributed by atoms with Crippen LogP contribution >= 0.6 is 0 Å². The average Bonchev–Trinajstić information content (AvgIpc) is 2.30. The third-order valence-electron chi connectivity index (χ3n) is 2.64. The van der Waals surface area contributed by atoms with E-state index in [4.69, 9.17) is 5.73 Å². The number of nitrogens with one attached hydrogen (secondary N) is 1. The largest absolute Gasteiger partial charge is 0.397 e. The molecule has 2 rings (SSSR count). The molecule has 0 fully saturated rings. The molecule has 0 atom stereocenters. The summed E-state index contributed by atoms with van der Waals surface area (Å²) in [5.74, 6) is 0.851. The molecule has 0 aliphatic rings. The first-order valence-corrected chi connectivity index (χ1v) is 5.53. The number of rotatable bonds is 3. The fourth-order valence-corrected chi connectivity index (χ4v) is 1.65. The van der Waals surface area contributed by atoms with Gasteiger partial charge in [0.15, 0.2) is 0 Å². The number of nitrogen functional groups attached to an aromatic ring is 1. The van der Waals surface area contributed by atoms with Gasteiger partial charge in [0.2, 0.25) is 0 Å². The van der Waals surface area contributed by atoms with E-state index >= 15 is 0 Å². The van der Waals surface area contributed by atoms with E-state index < -0.39 is 0 Å². The SMILES string of the molecule is Cc1cccnc1CNc1ncc(N)cc1C. The predicted octanol–water partition coefficient (Wildman–Crippen LogP) is 2.29. The van der Waals surface area contributed by atoms with Crippen LogP contribution in [0.25, 0.3) is 0 Å². The summed E-state index contributed by atoms with van der Waals surface area (Å²) in [6.07, 6.45) is 3.45. The molecule has 4 nitrogen and oxygen atoms in total. The van der Waals surface area contributed by atoms with E-state index in [1.165, 1.54) is 5.56 Å². The zero-order valence-electron chi connectivity index (χ0n) is 10.1. The highest BCUT2D eigenvalue weighted by Gasteiger charge is 2.02. The zero-order chi connectivity index (χ0) is 12.3. The number of nitrogens with zero attached hydrogens (tertiary/aromatic N) is 2. The van der Waals surface area contributed by atoms with E-state index in [0.29, 0.717) is 12.2 Å². The first kappa shape index (κ1) is 11.4. The normalized spacial score (nSPS) is 10.2. The lowest BCUT2D eigenvalue weighted by atomic mass is 10.2. The molecular formula is C13H16N4. The van der Waals surface area contributed by atoms with Crippen LogP contribution in [0.15, 0.2) is 30.6 Å². The van der Waals surface area contributed by atoms with Crippen molar-refractivity contribution < 1.29 is 0 Å². The van der Waals surface area contributed by atoms with E-state index in [-0.39, 0.29) is 0 Å². The Labute approximate surface area is 101 Å². The highest BCUT2D eigenvalue weighted by atomic mass is 15.0. The van der Waals surface area contributed by atoms with E-state index in [2.05, 4.69) is 15.3 Å². The van der Waals surface area contributed by atoms with Crippen LogP contribution in [-0.2, 0) is 6.54 Å². The molecule has 0 aliphatic heterocycles. The van der Waals surface area contributed by atoms with E-state index in [9.17, 15) is 0 Å². The van der Waals surface area contributed by atoms with Crippen LogP contribution in [0.1, 0.15) is 16.8 Å². The van der Waals surface area contributed by atoms with Crippen molar-refractivity contribution in [1.29, 1.82) is 0 Å². The smallest absolute Gasteiger partial charge is 0.129 e. The van der Waals surface area contributed by atoms with Crippen molar-refractivity contribution >= 4 is 11.5 Å². The number of pyridine rings is 2. The molecule has 0 amide bonds. The molecule has 0 saturated carbocycles. The van der Waals surface area contributed by atoms with Gasteiger partial charge < -0.3 is 11.1 Å². The minimum Gasteiger partial charge on any atom is -0.397 e. The van der Waals surface area contributed by atoms with Crippen molar-refractivity contribution in [2.24, 2.45) is 0 Å². The molecule has 0 saturated heterocycles. The van der Waals surface area contributed by atoms with Crippen LogP contribution in [-0.4, -0.2) is 9.97 Å². The maximum atomic E-state index is 5.66. The number of hydrogen-bond donors (Lipinski definition) is 2. The van der Waals surface area contributed by atoms with Crippen LogP contribution in [0.5, 0.6) is 0 Å². The molecule has 0 radical (unpaired) electrons. The summed E-state index contributed by atoms with van der Waals surface area (Å²) in [5, 5.41) is 3.27. The Bertz CT molecular complexity index is 523. The predicted molar refractivity (Wildman–Crippen MR) is 69.7 cm³/mol. The van der Waals surface area contributed by atoms with Crippen molar-refractivity contribution in [3.8, 4) is 0 Å². The van der Waals surface area contributed by atoms with Crippen molar-refractivity contribution in [3.05, 3.63) is 47.4 Å². The van der Waals surface area contributed by atoms with Crippen LogP contribution in [0, 0.1) is 13.8 Å². The molecule has 0 aromatic carbocycles. The number of aryl methyl sites for hydroxylation is 2. The molecule has 0 bridgehead atoms. The Morgan fingerprint density at radius 2 is 2.06 bits per heavy atom. The first-order chi connectivity index (χ1) is 8.16.